The van der Waals surface area contributed by atoms with Crippen molar-refractivity contribution in [3.8, 4) is 33.4 Å². The molecule has 0 unspecified atom stereocenters. The molecule has 12 aromatic carbocycles. The molecule has 0 amide bonds. The lowest BCUT2D eigenvalue weighted by Gasteiger charge is -2.26. The van der Waals surface area contributed by atoms with Gasteiger partial charge in [-0.3, -0.25) is 0 Å². The predicted octanol–water partition coefficient (Wildman–Crippen LogP) is 19.7. The summed E-state index contributed by atoms with van der Waals surface area (Å²) in [5.74, 6) is 0. The van der Waals surface area contributed by atoms with E-state index in [-0.39, 0.29) is 0 Å². The normalized spacial score (nSPS) is 11.6. The van der Waals surface area contributed by atoms with Gasteiger partial charge in [0.05, 0.1) is 0 Å². The summed E-state index contributed by atoms with van der Waals surface area (Å²) in [4.78, 5) is 4.63. The number of nitrogens with zero attached hydrogens (tertiary/aromatic N) is 2. The van der Waals surface area contributed by atoms with Crippen molar-refractivity contribution in [3.05, 3.63) is 267 Å². The number of anilines is 6. The minimum atomic E-state index is 0.855. The third kappa shape index (κ3) is 7.16. The quantitative estimate of drug-likeness (QED) is 0.144. The zero-order valence-corrected chi connectivity index (χ0v) is 39.1. The average Bonchev–Trinajstić information content (AvgIpc) is 4.03. The molecular weight excluding hydrogens is 877 g/mol. The highest BCUT2D eigenvalue weighted by Crippen LogP contribution is 2.44. The van der Waals surface area contributed by atoms with Gasteiger partial charge in [-0.25, -0.2) is 0 Å². The van der Waals surface area contributed by atoms with Gasteiger partial charge in [0.1, 0.15) is 22.3 Å². The molecule has 14 rings (SSSR count). The van der Waals surface area contributed by atoms with Crippen molar-refractivity contribution < 1.29 is 8.83 Å². The maximum Gasteiger partial charge on any atom is 0.137 e. The van der Waals surface area contributed by atoms with Crippen LogP contribution in [-0.4, -0.2) is 0 Å². The minimum Gasteiger partial charge on any atom is -0.456 e. The van der Waals surface area contributed by atoms with Gasteiger partial charge in [-0.05, 0) is 140 Å². The second-order valence-corrected chi connectivity index (χ2v) is 18.5. The Morgan fingerprint density at radius 2 is 0.514 bits per heavy atom. The van der Waals surface area contributed by atoms with Crippen molar-refractivity contribution in [2.45, 2.75) is 0 Å². The van der Waals surface area contributed by atoms with Gasteiger partial charge in [0, 0.05) is 67.8 Å². The lowest BCUT2D eigenvalue weighted by Crippen LogP contribution is -2.10. The van der Waals surface area contributed by atoms with Gasteiger partial charge >= 0.3 is 0 Å². The lowest BCUT2D eigenvalue weighted by molar-refractivity contribution is 0.669. The second-order valence-electron chi connectivity index (χ2n) is 18.5. The molecule has 338 valence electrons. The van der Waals surface area contributed by atoms with Crippen LogP contribution in [0.5, 0.6) is 0 Å². The van der Waals surface area contributed by atoms with E-state index < -0.39 is 0 Å². The summed E-state index contributed by atoms with van der Waals surface area (Å²) < 4.78 is 13.2. The van der Waals surface area contributed by atoms with Crippen molar-refractivity contribution in [3.63, 3.8) is 0 Å². The fourth-order valence-electron chi connectivity index (χ4n) is 10.7. The summed E-state index contributed by atoms with van der Waals surface area (Å²) in [6, 6.07) is 95.2. The molecule has 0 spiro atoms. The Morgan fingerprint density at radius 3 is 0.875 bits per heavy atom. The van der Waals surface area contributed by atoms with E-state index in [1.165, 1.54) is 43.8 Å². The van der Waals surface area contributed by atoms with E-state index in [1.54, 1.807) is 0 Å². The highest BCUT2D eigenvalue weighted by molar-refractivity contribution is 6.20. The Hall–Kier alpha value is -9.64. The Kier molecular flexibility index (Phi) is 9.82. The molecule has 2 aromatic heterocycles. The van der Waals surface area contributed by atoms with E-state index in [4.69, 9.17) is 8.83 Å². The van der Waals surface area contributed by atoms with Crippen LogP contribution in [-0.2, 0) is 0 Å². The Bertz CT molecular complexity index is 4010. The van der Waals surface area contributed by atoms with Crippen LogP contribution in [0.3, 0.4) is 0 Å². The van der Waals surface area contributed by atoms with Crippen LogP contribution in [0.4, 0.5) is 34.1 Å². The Balaban J connectivity index is 0.827. The summed E-state index contributed by atoms with van der Waals surface area (Å²) in [6.07, 6.45) is 0. The van der Waals surface area contributed by atoms with Crippen LogP contribution in [0.25, 0.3) is 98.8 Å². The highest BCUT2D eigenvalue weighted by atomic mass is 16.3. The number of benzene rings is 12. The van der Waals surface area contributed by atoms with Crippen molar-refractivity contribution in [2.24, 2.45) is 0 Å². The standard InChI is InChI=1S/C68H44N2O2/c1-3-11-45(12-4-1)47-19-29-53(30-20-47)69(57-37-39-61-65(43-57)71-63-41-27-51-15-7-9-17-59(51)67(61)63)55-33-23-49(24-34-55)50-25-35-56(36-26-50)70(54-31-21-48(22-32-54)46-13-5-2-6-14-46)58-38-40-62-66(44-58)72-64-42-28-52-16-8-10-18-60(52)68(62)64/h1-44H. The molecule has 0 saturated carbocycles. The van der Waals surface area contributed by atoms with E-state index in [0.29, 0.717) is 0 Å². The fraction of sp³-hybridized carbons (Fsp3) is 0. The van der Waals surface area contributed by atoms with Gasteiger partial charge in [0.2, 0.25) is 0 Å². The summed E-state index contributed by atoms with van der Waals surface area (Å²) in [5.41, 5.74) is 16.7. The molecule has 72 heavy (non-hydrogen) atoms. The monoisotopic (exact) mass is 920 g/mol. The largest absolute Gasteiger partial charge is 0.456 e. The number of furan rings is 2. The van der Waals surface area contributed by atoms with Gasteiger partial charge in [-0.1, -0.05) is 170 Å². The SMILES string of the molecule is c1ccc(-c2ccc(N(c3ccc(-c4ccc(N(c5ccc(-c6ccccc6)cc5)c5ccc6c(c5)oc5ccc7ccccc7c56)cc4)cc3)c3ccc4c(c3)oc3ccc5ccccc5c34)cc2)cc1. The zero-order valence-electron chi connectivity index (χ0n) is 39.1. The molecule has 0 aliphatic heterocycles. The van der Waals surface area contributed by atoms with Gasteiger partial charge in [-0.2, -0.15) is 0 Å². The third-order valence-electron chi connectivity index (χ3n) is 14.3. The third-order valence-corrected chi connectivity index (χ3v) is 14.3. The smallest absolute Gasteiger partial charge is 0.137 e. The van der Waals surface area contributed by atoms with E-state index in [1.807, 2.05) is 0 Å². The van der Waals surface area contributed by atoms with Crippen molar-refractivity contribution in [1.29, 1.82) is 0 Å². The molecule has 4 nitrogen and oxygen atoms in total. The van der Waals surface area contributed by atoms with Crippen molar-refractivity contribution in [1.82, 2.24) is 0 Å². The van der Waals surface area contributed by atoms with E-state index in [0.717, 1.165) is 89.1 Å². The van der Waals surface area contributed by atoms with E-state index >= 15 is 0 Å². The first kappa shape index (κ1) is 41.3. The summed E-state index contributed by atoms with van der Waals surface area (Å²) >= 11 is 0. The predicted molar refractivity (Wildman–Crippen MR) is 302 cm³/mol. The topological polar surface area (TPSA) is 32.8 Å². The molecule has 0 fully saturated rings. The van der Waals surface area contributed by atoms with Gasteiger partial charge in [0.25, 0.3) is 0 Å². The van der Waals surface area contributed by atoms with Crippen LogP contribution in [0, 0.1) is 0 Å². The number of rotatable bonds is 9. The number of hydrogen-bond donors (Lipinski definition) is 0. The molecule has 0 aliphatic rings. The zero-order chi connectivity index (χ0) is 47.5. The average molecular weight is 921 g/mol. The number of fused-ring (bicyclic) bond motifs is 10. The Morgan fingerprint density at radius 1 is 0.208 bits per heavy atom. The molecule has 0 saturated heterocycles. The Labute approximate surface area is 416 Å². The molecule has 4 heteroatoms. The first-order valence-corrected chi connectivity index (χ1v) is 24.5. The summed E-state index contributed by atoms with van der Waals surface area (Å²) in [7, 11) is 0. The molecule has 0 radical (unpaired) electrons. The minimum absolute atomic E-state index is 0.855. The van der Waals surface area contributed by atoms with Crippen LogP contribution >= 0.6 is 0 Å². The molecule has 14 aromatic rings. The summed E-state index contributed by atoms with van der Waals surface area (Å²) in [6.45, 7) is 0. The van der Waals surface area contributed by atoms with Gasteiger partial charge in [-0.15, -0.1) is 0 Å². The molecule has 0 atom stereocenters. The highest BCUT2D eigenvalue weighted by Gasteiger charge is 2.20. The van der Waals surface area contributed by atoms with Crippen LogP contribution in [0.15, 0.2) is 276 Å². The van der Waals surface area contributed by atoms with Crippen molar-refractivity contribution in [2.75, 3.05) is 9.80 Å². The van der Waals surface area contributed by atoms with Crippen LogP contribution in [0.1, 0.15) is 0 Å². The maximum atomic E-state index is 6.59. The van der Waals surface area contributed by atoms with Gasteiger partial charge < -0.3 is 18.6 Å². The molecule has 0 N–H and O–H groups in total. The van der Waals surface area contributed by atoms with Crippen molar-refractivity contribution >= 4 is 99.5 Å². The molecule has 0 bridgehead atoms. The molecule has 0 aliphatic carbocycles. The number of hydrogen-bond acceptors (Lipinski definition) is 4. The van der Waals surface area contributed by atoms with E-state index in [2.05, 4.69) is 277 Å². The fourth-order valence-corrected chi connectivity index (χ4v) is 10.7. The summed E-state index contributed by atoms with van der Waals surface area (Å²) in [5, 5.41) is 9.30. The lowest BCUT2D eigenvalue weighted by atomic mass is 10.0. The van der Waals surface area contributed by atoms with Gasteiger partial charge in [0.15, 0.2) is 0 Å². The van der Waals surface area contributed by atoms with Crippen LogP contribution in [0.2, 0.25) is 0 Å². The maximum absolute atomic E-state index is 6.59. The van der Waals surface area contributed by atoms with Crippen LogP contribution < -0.4 is 9.80 Å². The molecule has 2 heterocycles. The first-order chi connectivity index (χ1) is 35.7. The first-order valence-electron chi connectivity index (χ1n) is 24.5. The van der Waals surface area contributed by atoms with E-state index in [9.17, 15) is 0 Å². The second kappa shape index (κ2) is 17.1. The molecular formula is C68H44N2O2.